The molecule has 114 valence electrons. The molecule has 19 heavy (non-hydrogen) atoms. The van der Waals surface area contributed by atoms with Crippen molar-refractivity contribution in [2.75, 3.05) is 6.54 Å². The summed E-state index contributed by atoms with van der Waals surface area (Å²) >= 11 is 0. The van der Waals surface area contributed by atoms with Gasteiger partial charge in [0.1, 0.15) is 0 Å². The Balaban J connectivity index is 1.85. The third kappa shape index (κ3) is 8.68. The van der Waals surface area contributed by atoms with Crippen LogP contribution in [-0.2, 0) is 0 Å². The van der Waals surface area contributed by atoms with Crippen LogP contribution in [0.2, 0.25) is 0 Å². The molecule has 0 amide bonds. The van der Waals surface area contributed by atoms with Crippen LogP contribution in [0, 0.1) is 5.92 Å². The SMILES string of the molecule is CCCCCCCCCCNC1CCCC(CC)C1. The number of unbranched alkanes of at least 4 members (excludes halogenated alkanes) is 7. The van der Waals surface area contributed by atoms with Crippen molar-refractivity contribution < 1.29 is 0 Å². The fraction of sp³-hybridized carbons (Fsp3) is 1.00. The van der Waals surface area contributed by atoms with Crippen LogP contribution in [0.5, 0.6) is 0 Å². The monoisotopic (exact) mass is 267 g/mol. The smallest absolute Gasteiger partial charge is 0.00697 e. The third-order valence-corrected chi connectivity index (χ3v) is 4.82. The van der Waals surface area contributed by atoms with Gasteiger partial charge in [-0.3, -0.25) is 0 Å². The largest absolute Gasteiger partial charge is 0.314 e. The fourth-order valence-electron chi connectivity index (χ4n) is 3.41. The molecular weight excluding hydrogens is 230 g/mol. The maximum Gasteiger partial charge on any atom is 0.00697 e. The lowest BCUT2D eigenvalue weighted by Gasteiger charge is -2.29. The highest BCUT2D eigenvalue weighted by molar-refractivity contribution is 4.77. The molecule has 1 aliphatic rings. The van der Waals surface area contributed by atoms with Crippen LogP contribution in [0.15, 0.2) is 0 Å². The standard InChI is InChI=1S/C18H37N/c1-3-5-6-7-8-9-10-11-15-19-18-14-12-13-17(4-2)16-18/h17-19H,3-16H2,1-2H3. The average molecular weight is 268 g/mol. The van der Waals surface area contributed by atoms with Crippen molar-refractivity contribution >= 4 is 0 Å². The molecule has 1 aliphatic carbocycles. The third-order valence-electron chi connectivity index (χ3n) is 4.82. The Labute approximate surface area is 121 Å². The van der Waals surface area contributed by atoms with E-state index in [4.69, 9.17) is 0 Å². The lowest BCUT2D eigenvalue weighted by Crippen LogP contribution is -2.34. The lowest BCUT2D eigenvalue weighted by molar-refractivity contribution is 0.278. The maximum atomic E-state index is 3.80. The molecule has 1 N–H and O–H groups in total. The minimum Gasteiger partial charge on any atom is -0.314 e. The highest BCUT2D eigenvalue weighted by atomic mass is 14.9. The van der Waals surface area contributed by atoms with Crippen LogP contribution >= 0.6 is 0 Å². The molecule has 1 saturated carbocycles. The second kappa shape index (κ2) is 11.8. The zero-order valence-corrected chi connectivity index (χ0v) is 13.6. The van der Waals surface area contributed by atoms with Gasteiger partial charge in [0.05, 0.1) is 0 Å². The molecule has 0 heterocycles. The summed E-state index contributed by atoms with van der Waals surface area (Å²) in [6.07, 6.45) is 18.6. The van der Waals surface area contributed by atoms with Crippen molar-refractivity contribution in [2.45, 2.75) is 103 Å². The van der Waals surface area contributed by atoms with Crippen LogP contribution in [-0.4, -0.2) is 12.6 Å². The van der Waals surface area contributed by atoms with Crippen molar-refractivity contribution in [1.29, 1.82) is 0 Å². The molecule has 0 aromatic carbocycles. The molecule has 1 rings (SSSR count). The first-order valence-electron chi connectivity index (χ1n) is 9.10. The second-order valence-corrected chi connectivity index (χ2v) is 6.57. The normalized spacial score (nSPS) is 23.7. The van der Waals surface area contributed by atoms with Gasteiger partial charge in [0, 0.05) is 6.04 Å². The molecule has 1 heteroatoms. The van der Waals surface area contributed by atoms with Gasteiger partial charge in [0.2, 0.25) is 0 Å². The van der Waals surface area contributed by atoms with E-state index >= 15 is 0 Å². The van der Waals surface area contributed by atoms with E-state index in [1.807, 2.05) is 0 Å². The Morgan fingerprint density at radius 3 is 2.21 bits per heavy atom. The first-order chi connectivity index (χ1) is 9.36. The Kier molecular flexibility index (Phi) is 10.5. The Hall–Kier alpha value is -0.0400. The van der Waals surface area contributed by atoms with Crippen LogP contribution in [0.1, 0.15) is 97.3 Å². The number of hydrogen-bond acceptors (Lipinski definition) is 1. The van der Waals surface area contributed by atoms with E-state index in [0.717, 1.165) is 12.0 Å². The van der Waals surface area contributed by atoms with Gasteiger partial charge in [-0.15, -0.1) is 0 Å². The summed E-state index contributed by atoms with van der Waals surface area (Å²) < 4.78 is 0. The summed E-state index contributed by atoms with van der Waals surface area (Å²) in [6, 6.07) is 0.836. The van der Waals surface area contributed by atoms with E-state index in [1.165, 1.54) is 90.0 Å². The van der Waals surface area contributed by atoms with Crippen LogP contribution in [0.3, 0.4) is 0 Å². The Morgan fingerprint density at radius 2 is 1.53 bits per heavy atom. The van der Waals surface area contributed by atoms with E-state index in [0.29, 0.717) is 0 Å². The average Bonchev–Trinajstić information content (AvgIpc) is 2.46. The first kappa shape index (κ1) is 17.0. The van der Waals surface area contributed by atoms with E-state index in [-0.39, 0.29) is 0 Å². The number of hydrogen-bond donors (Lipinski definition) is 1. The van der Waals surface area contributed by atoms with Crippen LogP contribution < -0.4 is 5.32 Å². The van der Waals surface area contributed by atoms with E-state index in [1.54, 1.807) is 0 Å². The quantitative estimate of drug-likeness (QED) is 0.474. The van der Waals surface area contributed by atoms with Gasteiger partial charge in [-0.1, -0.05) is 78.1 Å². The van der Waals surface area contributed by atoms with Crippen molar-refractivity contribution in [3.8, 4) is 0 Å². The van der Waals surface area contributed by atoms with E-state index < -0.39 is 0 Å². The molecule has 1 nitrogen and oxygen atoms in total. The van der Waals surface area contributed by atoms with Crippen molar-refractivity contribution in [3.05, 3.63) is 0 Å². The van der Waals surface area contributed by atoms with Gasteiger partial charge in [-0.05, 0) is 31.7 Å². The predicted octanol–water partition coefficient (Wildman–Crippen LogP) is 5.69. The molecule has 0 aromatic rings. The van der Waals surface area contributed by atoms with Gasteiger partial charge in [0.15, 0.2) is 0 Å². The van der Waals surface area contributed by atoms with Crippen LogP contribution in [0.4, 0.5) is 0 Å². The lowest BCUT2D eigenvalue weighted by atomic mass is 9.84. The zero-order valence-electron chi connectivity index (χ0n) is 13.6. The van der Waals surface area contributed by atoms with Gasteiger partial charge in [0.25, 0.3) is 0 Å². The molecule has 0 bridgehead atoms. The molecule has 2 unspecified atom stereocenters. The summed E-state index contributed by atoms with van der Waals surface area (Å²) in [7, 11) is 0. The minimum atomic E-state index is 0.836. The summed E-state index contributed by atoms with van der Waals surface area (Å²) in [5.74, 6) is 1.00. The zero-order chi connectivity index (χ0) is 13.8. The Bertz CT molecular complexity index is 190. The highest BCUT2D eigenvalue weighted by Crippen LogP contribution is 2.26. The fourth-order valence-corrected chi connectivity index (χ4v) is 3.41. The molecular formula is C18H37N. The summed E-state index contributed by atoms with van der Waals surface area (Å²) in [6.45, 7) is 5.90. The highest BCUT2D eigenvalue weighted by Gasteiger charge is 2.19. The van der Waals surface area contributed by atoms with Crippen molar-refractivity contribution in [3.63, 3.8) is 0 Å². The van der Waals surface area contributed by atoms with E-state index in [2.05, 4.69) is 19.2 Å². The van der Waals surface area contributed by atoms with Gasteiger partial charge in [-0.25, -0.2) is 0 Å². The van der Waals surface area contributed by atoms with Gasteiger partial charge < -0.3 is 5.32 Å². The second-order valence-electron chi connectivity index (χ2n) is 6.57. The van der Waals surface area contributed by atoms with Crippen molar-refractivity contribution in [2.24, 2.45) is 5.92 Å². The number of rotatable bonds is 11. The van der Waals surface area contributed by atoms with Gasteiger partial charge >= 0.3 is 0 Å². The first-order valence-corrected chi connectivity index (χ1v) is 9.10. The van der Waals surface area contributed by atoms with Gasteiger partial charge in [-0.2, -0.15) is 0 Å². The van der Waals surface area contributed by atoms with Crippen LogP contribution in [0.25, 0.3) is 0 Å². The topological polar surface area (TPSA) is 12.0 Å². The summed E-state index contributed by atoms with van der Waals surface area (Å²) in [4.78, 5) is 0. The summed E-state index contributed by atoms with van der Waals surface area (Å²) in [5.41, 5.74) is 0. The molecule has 0 saturated heterocycles. The summed E-state index contributed by atoms with van der Waals surface area (Å²) in [5, 5.41) is 3.80. The molecule has 0 radical (unpaired) electrons. The molecule has 1 fully saturated rings. The Morgan fingerprint density at radius 1 is 0.842 bits per heavy atom. The maximum absolute atomic E-state index is 3.80. The predicted molar refractivity (Wildman–Crippen MR) is 86.6 cm³/mol. The number of nitrogens with one attached hydrogen (secondary N) is 1. The molecule has 0 spiro atoms. The molecule has 0 aliphatic heterocycles. The molecule has 0 aromatic heterocycles. The minimum absolute atomic E-state index is 0.836. The molecule has 2 atom stereocenters. The van der Waals surface area contributed by atoms with E-state index in [9.17, 15) is 0 Å². The van der Waals surface area contributed by atoms with Crippen molar-refractivity contribution in [1.82, 2.24) is 5.32 Å².